The molecule has 0 spiro atoms. The van der Waals surface area contributed by atoms with E-state index < -0.39 is 10.0 Å². The predicted molar refractivity (Wildman–Crippen MR) is 96.2 cm³/mol. The molecule has 0 aromatic heterocycles. The Hall–Kier alpha value is -1.40. The Morgan fingerprint density at radius 2 is 1.71 bits per heavy atom. The third-order valence-corrected chi connectivity index (χ3v) is 6.40. The van der Waals surface area contributed by atoms with Gasteiger partial charge in [-0.05, 0) is 24.8 Å². The maximum atomic E-state index is 12.4. The molecule has 0 atom stereocenters. The SMILES string of the molecule is CCCCC(=O)N1CCN(S(=O)(=O)CCCc2ccccc2)CC1. The van der Waals surface area contributed by atoms with E-state index in [1.54, 1.807) is 9.21 Å². The van der Waals surface area contributed by atoms with E-state index in [9.17, 15) is 13.2 Å². The molecule has 1 saturated heterocycles. The molecule has 1 aliphatic rings. The van der Waals surface area contributed by atoms with Gasteiger partial charge in [-0.1, -0.05) is 43.7 Å². The number of rotatable bonds is 8. The van der Waals surface area contributed by atoms with Crippen molar-refractivity contribution in [3.8, 4) is 0 Å². The van der Waals surface area contributed by atoms with Crippen molar-refractivity contribution in [2.24, 2.45) is 0 Å². The van der Waals surface area contributed by atoms with E-state index in [4.69, 9.17) is 0 Å². The molecule has 0 radical (unpaired) electrons. The van der Waals surface area contributed by atoms with Crippen molar-refractivity contribution in [2.75, 3.05) is 31.9 Å². The van der Waals surface area contributed by atoms with Crippen LogP contribution in [0.2, 0.25) is 0 Å². The lowest BCUT2D eigenvalue weighted by atomic mass is 10.1. The average Bonchev–Trinajstić information content (AvgIpc) is 2.60. The zero-order chi connectivity index (χ0) is 17.4. The van der Waals surface area contributed by atoms with E-state index in [1.165, 1.54) is 5.56 Å². The molecule has 2 rings (SSSR count). The Balaban J connectivity index is 1.76. The van der Waals surface area contributed by atoms with Gasteiger partial charge < -0.3 is 4.90 Å². The molecule has 1 aromatic carbocycles. The molecule has 1 aliphatic heterocycles. The van der Waals surface area contributed by atoms with Crippen LogP contribution in [0.5, 0.6) is 0 Å². The number of nitrogens with zero attached hydrogens (tertiary/aromatic N) is 2. The lowest BCUT2D eigenvalue weighted by molar-refractivity contribution is -0.132. The number of benzene rings is 1. The van der Waals surface area contributed by atoms with Crippen LogP contribution in [0.4, 0.5) is 0 Å². The largest absolute Gasteiger partial charge is 0.340 e. The van der Waals surface area contributed by atoms with Gasteiger partial charge in [-0.3, -0.25) is 4.79 Å². The van der Waals surface area contributed by atoms with E-state index in [-0.39, 0.29) is 11.7 Å². The highest BCUT2D eigenvalue weighted by atomic mass is 32.2. The maximum absolute atomic E-state index is 12.4. The molecular weight excluding hydrogens is 324 g/mol. The summed E-state index contributed by atoms with van der Waals surface area (Å²) in [6.45, 7) is 3.94. The summed E-state index contributed by atoms with van der Waals surface area (Å²) in [7, 11) is -3.22. The van der Waals surface area contributed by atoms with Crippen LogP contribution >= 0.6 is 0 Å². The number of hydrogen-bond acceptors (Lipinski definition) is 3. The van der Waals surface area contributed by atoms with E-state index >= 15 is 0 Å². The van der Waals surface area contributed by atoms with E-state index in [0.717, 1.165) is 19.3 Å². The highest BCUT2D eigenvalue weighted by Gasteiger charge is 2.28. The molecule has 1 aromatic rings. The van der Waals surface area contributed by atoms with Gasteiger partial charge in [0.1, 0.15) is 0 Å². The summed E-state index contributed by atoms with van der Waals surface area (Å²) >= 11 is 0. The molecule has 1 amide bonds. The van der Waals surface area contributed by atoms with Gasteiger partial charge in [-0.15, -0.1) is 0 Å². The summed E-state index contributed by atoms with van der Waals surface area (Å²) in [5.74, 6) is 0.323. The molecule has 6 heteroatoms. The number of aryl methyl sites for hydroxylation is 1. The number of sulfonamides is 1. The highest BCUT2D eigenvalue weighted by molar-refractivity contribution is 7.89. The first-order valence-electron chi connectivity index (χ1n) is 8.82. The normalized spacial score (nSPS) is 16.3. The molecular formula is C18H28N2O3S. The second kappa shape index (κ2) is 9.18. The van der Waals surface area contributed by atoms with Crippen LogP contribution in [-0.4, -0.2) is 55.5 Å². The van der Waals surface area contributed by atoms with Gasteiger partial charge in [0.05, 0.1) is 5.75 Å². The molecule has 1 fully saturated rings. The van der Waals surface area contributed by atoms with E-state index in [1.807, 2.05) is 30.3 Å². The zero-order valence-corrected chi connectivity index (χ0v) is 15.3. The molecule has 0 saturated carbocycles. The maximum Gasteiger partial charge on any atom is 0.222 e. The van der Waals surface area contributed by atoms with Gasteiger partial charge in [0.25, 0.3) is 0 Å². The quantitative estimate of drug-likeness (QED) is 0.721. The second-order valence-corrected chi connectivity index (χ2v) is 8.38. The highest BCUT2D eigenvalue weighted by Crippen LogP contribution is 2.12. The molecule has 0 aliphatic carbocycles. The van der Waals surface area contributed by atoms with Crippen molar-refractivity contribution in [3.05, 3.63) is 35.9 Å². The molecule has 0 N–H and O–H groups in total. The Bertz CT molecular complexity index is 608. The number of carbonyl (C=O) groups is 1. The molecule has 0 unspecified atom stereocenters. The lowest BCUT2D eigenvalue weighted by Crippen LogP contribution is -2.51. The minimum atomic E-state index is -3.22. The number of piperazine rings is 1. The topological polar surface area (TPSA) is 57.7 Å². The third kappa shape index (κ3) is 5.60. The van der Waals surface area contributed by atoms with Crippen molar-refractivity contribution >= 4 is 15.9 Å². The molecule has 0 bridgehead atoms. The Morgan fingerprint density at radius 1 is 1.04 bits per heavy atom. The van der Waals surface area contributed by atoms with Crippen molar-refractivity contribution in [1.82, 2.24) is 9.21 Å². The smallest absolute Gasteiger partial charge is 0.222 e. The van der Waals surface area contributed by atoms with Crippen molar-refractivity contribution in [3.63, 3.8) is 0 Å². The monoisotopic (exact) mass is 352 g/mol. The van der Waals surface area contributed by atoms with E-state index in [2.05, 4.69) is 6.92 Å². The number of carbonyl (C=O) groups excluding carboxylic acids is 1. The Kier molecular flexibility index (Phi) is 7.24. The third-order valence-electron chi connectivity index (χ3n) is 4.44. The predicted octanol–water partition coefficient (Wildman–Crippen LogP) is 2.28. The van der Waals surface area contributed by atoms with E-state index in [0.29, 0.717) is 39.0 Å². The summed E-state index contributed by atoms with van der Waals surface area (Å²) < 4.78 is 26.4. The molecule has 5 nitrogen and oxygen atoms in total. The number of amides is 1. The first kappa shape index (κ1) is 18.9. The average molecular weight is 353 g/mol. The molecule has 1 heterocycles. The first-order valence-corrected chi connectivity index (χ1v) is 10.4. The minimum absolute atomic E-state index is 0.151. The van der Waals surface area contributed by atoms with Gasteiger partial charge >= 0.3 is 0 Å². The lowest BCUT2D eigenvalue weighted by Gasteiger charge is -2.34. The van der Waals surface area contributed by atoms with Crippen LogP contribution in [0.3, 0.4) is 0 Å². The van der Waals surface area contributed by atoms with Crippen LogP contribution in [0.1, 0.15) is 38.2 Å². The fourth-order valence-electron chi connectivity index (χ4n) is 2.93. The fraction of sp³-hybridized carbons (Fsp3) is 0.611. The standard InChI is InChI=1S/C18H28N2O3S/c1-2-3-11-18(21)19-12-14-20(15-13-19)24(22,23)16-7-10-17-8-5-4-6-9-17/h4-6,8-9H,2-3,7,10-16H2,1H3. The summed E-state index contributed by atoms with van der Waals surface area (Å²) in [4.78, 5) is 13.8. The Labute approximate surface area is 145 Å². The summed E-state index contributed by atoms with van der Waals surface area (Å²) in [6, 6.07) is 9.94. The molecule has 134 valence electrons. The van der Waals surface area contributed by atoms with Crippen molar-refractivity contribution in [1.29, 1.82) is 0 Å². The number of hydrogen-bond donors (Lipinski definition) is 0. The minimum Gasteiger partial charge on any atom is -0.340 e. The fourth-order valence-corrected chi connectivity index (χ4v) is 4.42. The van der Waals surface area contributed by atoms with Crippen molar-refractivity contribution in [2.45, 2.75) is 39.0 Å². The van der Waals surface area contributed by atoms with Gasteiger partial charge in [-0.25, -0.2) is 8.42 Å². The second-order valence-electron chi connectivity index (χ2n) is 6.29. The summed E-state index contributed by atoms with van der Waals surface area (Å²) in [5, 5.41) is 0. The van der Waals surface area contributed by atoms with Crippen LogP contribution in [0.15, 0.2) is 30.3 Å². The van der Waals surface area contributed by atoms with Crippen LogP contribution in [0, 0.1) is 0 Å². The number of unbranched alkanes of at least 4 members (excludes halogenated alkanes) is 1. The van der Waals surface area contributed by atoms with Gasteiger partial charge in [0.15, 0.2) is 0 Å². The van der Waals surface area contributed by atoms with Crippen LogP contribution in [0.25, 0.3) is 0 Å². The van der Waals surface area contributed by atoms with Gasteiger partial charge in [0, 0.05) is 32.6 Å². The zero-order valence-electron chi connectivity index (χ0n) is 14.5. The molecule has 24 heavy (non-hydrogen) atoms. The van der Waals surface area contributed by atoms with Crippen molar-refractivity contribution < 1.29 is 13.2 Å². The Morgan fingerprint density at radius 3 is 2.33 bits per heavy atom. The van der Waals surface area contributed by atoms with Crippen LogP contribution < -0.4 is 0 Å². The summed E-state index contributed by atoms with van der Waals surface area (Å²) in [5.41, 5.74) is 1.17. The van der Waals surface area contributed by atoms with Gasteiger partial charge in [0.2, 0.25) is 15.9 Å². The first-order chi connectivity index (χ1) is 11.5. The van der Waals surface area contributed by atoms with Gasteiger partial charge in [-0.2, -0.15) is 4.31 Å². The van der Waals surface area contributed by atoms with Crippen LogP contribution in [-0.2, 0) is 21.2 Å². The summed E-state index contributed by atoms with van der Waals surface area (Å²) in [6.07, 6.45) is 3.87.